The number of nitrogen functional groups attached to an aromatic ring is 1. The van der Waals surface area contributed by atoms with E-state index >= 15 is 0 Å². The number of aromatic nitrogens is 4. The number of aliphatic hydroxyl groups is 1. The molecule has 31 heavy (non-hydrogen) atoms. The molecule has 4 aromatic rings. The molecule has 0 spiro atoms. The largest absolute Gasteiger partial charge is 0.464 e. The predicted octanol–water partition coefficient (Wildman–Crippen LogP) is 3.70. The number of hydrogen-bond donors (Lipinski definition) is 3. The van der Waals surface area contributed by atoms with Gasteiger partial charge < -0.3 is 20.7 Å². The van der Waals surface area contributed by atoms with Crippen LogP contribution in [0.4, 0.5) is 5.95 Å². The summed E-state index contributed by atoms with van der Waals surface area (Å²) in [6.07, 6.45) is 2.23. The lowest BCUT2D eigenvalue weighted by molar-refractivity contribution is 0.0943. The summed E-state index contributed by atoms with van der Waals surface area (Å²) in [5, 5.41) is 17.7. The minimum absolute atomic E-state index is 0.157. The average molecular weight is 421 g/mol. The predicted molar refractivity (Wildman–Crippen MR) is 121 cm³/mol. The molecule has 3 heterocycles. The van der Waals surface area contributed by atoms with Gasteiger partial charge in [0.1, 0.15) is 16.8 Å². The summed E-state index contributed by atoms with van der Waals surface area (Å²) in [5.74, 6) is 7.64. The van der Waals surface area contributed by atoms with Gasteiger partial charge in [-0.3, -0.25) is 0 Å². The van der Waals surface area contributed by atoms with Crippen LogP contribution in [0.3, 0.4) is 0 Å². The number of nitrogens with one attached hydrogen (secondary N) is 1. The second kappa shape index (κ2) is 8.03. The van der Waals surface area contributed by atoms with Crippen LogP contribution in [0.15, 0.2) is 47.1 Å². The highest BCUT2D eigenvalue weighted by atomic mass is 16.3. The van der Waals surface area contributed by atoms with Crippen LogP contribution in [-0.4, -0.2) is 37.1 Å². The van der Waals surface area contributed by atoms with Gasteiger partial charge in [-0.15, -0.1) is 0 Å². The van der Waals surface area contributed by atoms with Gasteiger partial charge >= 0.3 is 0 Å². The minimum atomic E-state index is -0.890. The molecule has 4 rings (SSSR count). The van der Waals surface area contributed by atoms with Crippen molar-refractivity contribution in [3.8, 4) is 11.3 Å². The molecule has 0 bridgehead atoms. The normalized spacial score (nSPS) is 12.1. The number of furan rings is 1. The molecule has 0 aliphatic heterocycles. The topological polar surface area (TPSA) is 115 Å². The van der Waals surface area contributed by atoms with Crippen LogP contribution < -0.4 is 11.2 Å². The van der Waals surface area contributed by atoms with Crippen molar-refractivity contribution in [2.45, 2.75) is 45.6 Å². The quantitative estimate of drug-likeness (QED) is 0.391. The molecule has 0 fully saturated rings. The van der Waals surface area contributed by atoms with Crippen LogP contribution in [-0.2, 0) is 6.42 Å². The molecule has 162 valence electrons. The molecule has 3 aromatic heterocycles. The first-order chi connectivity index (χ1) is 14.7. The Morgan fingerprint density at radius 2 is 1.90 bits per heavy atom. The van der Waals surface area contributed by atoms with E-state index in [0.717, 1.165) is 33.8 Å². The SMILES string of the molecule is CC(C)c1nn(N)c2c(Cc3ccc(-c4ccco4)cc3)nc(NCC(C)(C)O)nc12. The van der Waals surface area contributed by atoms with Crippen molar-refractivity contribution >= 4 is 17.0 Å². The zero-order valence-corrected chi connectivity index (χ0v) is 18.3. The van der Waals surface area contributed by atoms with Crippen LogP contribution in [0.5, 0.6) is 0 Å². The average Bonchev–Trinajstić information content (AvgIpc) is 3.35. The van der Waals surface area contributed by atoms with Crippen LogP contribution >= 0.6 is 0 Å². The molecule has 4 N–H and O–H groups in total. The molecule has 0 amide bonds. The molecule has 0 saturated carbocycles. The lowest BCUT2D eigenvalue weighted by Crippen LogP contribution is -2.30. The number of benzene rings is 1. The van der Waals surface area contributed by atoms with Gasteiger partial charge in [0, 0.05) is 18.5 Å². The molecule has 0 aliphatic rings. The van der Waals surface area contributed by atoms with Crippen LogP contribution in [0, 0.1) is 0 Å². The Labute approximate surface area is 181 Å². The molecule has 0 radical (unpaired) electrons. The van der Waals surface area contributed by atoms with Gasteiger partial charge in [0.05, 0.1) is 23.3 Å². The van der Waals surface area contributed by atoms with Crippen molar-refractivity contribution < 1.29 is 9.52 Å². The van der Waals surface area contributed by atoms with Crippen molar-refractivity contribution in [1.82, 2.24) is 19.9 Å². The molecule has 8 nitrogen and oxygen atoms in total. The first-order valence-electron chi connectivity index (χ1n) is 10.3. The fraction of sp³-hybridized carbons (Fsp3) is 0.348. The maximum Gasteiger partial charge on any atom is 0.223 e. The van der Waals surface area contributed by atoms with E-state index in [1.54, 1.807) is 20.1 Å². The Hall–Kier alpha value is -3.39. The zero-order chi connectivity index (χ0) is 22.2. The van der Waals surface area contributed by atoms with E-state index in [1.807, 2.05) is 24.3 Å². The highest BCUT2D eigenvalue weighted by molar-refractivity contribution is 5.82. The van der Waals surface area contributed by atoms with Crippen LogP contribution in [0.25, 0.3) is 22.4 Å². The van der Waals surface area contributed by atoms with Crippen molar-refractivity contribution in [3.05, 3.63) is 59.6 Å². The smallest absolute Gasteiger partial charge is 0.223 e. The number of rotatable bonds is 7. The van der Waals surface area contributed by atoms with Crippen molar-refractivity contribution in [2.24, 2.45) is 0 Å². The Bertz CT molecular complexity index is 1170. The zero-order valence-electron chi connectivity index (χ0n) is 18.3. The van der Waals surface area contributed by atoms with Crippen molar-refractivity contribution in [2.75, 3.05) is 17.7 Å². The Kier molecular flexibility index (Phi) is 5.41. The molecule has 1 aromatic carbocycles. The summed E-state index contributed by atoms with van der Waals surface area (Å²) >= 11 is 0. The molecule has 0 saturated heterocycles. The van der Waals surface area contributed by atoms with Crippen molar-refractivity contribution in [3.63, 3.8) is 0 Å². The summed E-state index contributed by atoms with van der Waals surface area (Å²) in [6.45, 7) is 7.90. The summed E-state index contributed by atoms with van der Waals surface area (Å²) in [7, 11) is 0. The molecule has 8 heteroatoms. The second-order valence-corrected chi connectivity index (χ2v) is 8.69. The fourth-order valence-corrected chi connectivity index (χ4v) is 3.44. The van der Waals surface area contributed by atoms with Gasteiger partial charge in [-0.25, -0.2) is 9.97 Å². The van der Waals surface area contributed by atoms with E-state index in [9.17, 15) is 5.11 Å². The fourth-order valence-electron chi connectivity index (χ4n) is 3.44. The van der Waals surface area contributed by atoms with Gasteiger partial charge in [-0.05, 0) is 37.5 Å². The van der Waals surface area contributed by atoms with E-state index in [4.69, 9.17) is 15.2 Å². The molecular weight excluding hydrogens is 392 g/mol. The number of anilines is 1. The van der Waals surface area contributed by atoms with Crippen LogP contribution in [0.2, 0.25) is 0 Å². The first kappa shape index (κ1) is 20.9. The van der Waals surface area contributed by atoms with E-state index < -0.39 is 5.60 Å². The standard InChI is InChI=1S/C23H28N6O2/c1-14(2)19-20-21(29(24)28-19)17(26-22(27-20)25-13-23(3,4)30)12-15-7-9-16(10-8-15)18-6-5-11-31-18/h5-11,14,30H,12-13,24H2,1-4H3,(H,25,26,27). The lowest BCUT2D eigenvalue weighted by Gasteiger charge is -2.18. The van der Waals surface area contributed by atoms with Gasteiger partial charge in [0.2, 0.25) is 5.95 Å². The van der Waals surface area contributed by atoms with E-state index in [-0.39, 0.29) is 5.92 Å². The van der Waals surface area contributed by atoms with E-state index in [0.29, 0.717) is 24.4 Å². The van der Waals surface area contributed by atoms with E-state index in [2.05, 4.69) is 41.4 Å². The Morgan fingerprint density at radius 3 is 2.52 bits per heavy atom. The molecule has 0 unspecified atom stereocenters. The monoisotopic (exact) mass is 420 g/mol. The third-order valence-electron chi connectivity index (χ3n) is 5.00. The lowest BCUT2D eigenvalue weighted by atomic mass is 10.0. The maximum absolute atomic E-state index is 10.1. The Morgan fingerprint density at radius 1 is 1.16 bits per heavy atom. The number of hydrogen-bond acceptors (Lipinski definition) is 7. The molecular formula is C23H28N6O2. The summed E-state index contributed by atoms with van der Waals surface area (Å²) in [4.78, 5) is 10.7. The second-order valence-electron chi connectivity index (χ2n) is 8.69. The van der Waals surface area contributed by atoms with Crippen LogP contribution in [0.1, 0.15) is 50.6 Å². The molecule has 0 aliphatic carbocycles. The Balaban J connectivity index is 1.72. The van der Waals surface area contributed by atoms with Gasteiger partial charge in [0.25, 0.3) is 0 Å². The maximum atomic E-state index is 10.1. The number of fused-ring (bicyclic) bond motifs is 1. The van der Waals surface area contributed by atoms with E-state index in [1.165, 1.54) is 4.79 Å². The van der Waals surface area contributed by atoms with Gasteiger partial charge in [-0.1, -0.05) is 38.1 Å². The number of nitrogens with zero attached hydrogens (tertiary/aromatic N) is 4. The van der Waals surface area contributed by atoms with Gasteiger partial charge in [0.15, 0.2) is 0 Å². The minimum Gasteiger partial charge on any atom is -0.464 e. The molecule has 0 atom stereocenters. The first-order valence-corrected chi connectivity index (χ1v) is 10.3. The summed E-state index contributed by atoms with van der Waals surface area (Å²) in [6, 6.07) is 12.0. The summed E-state index contributed by atoms with van der Waals surface area (Å²) < 4.78 is 5.47. The highest BCUT2D eigenvalue weighted by Crippen LogP contribution is 2.27. The van der Waals surface area contributed by atoms with Gasteiger partial charge in [-0.2, -0.15) is 9.89 Å². The summed E-state index contributed by atoms with van der Waals surface area (Å²) in [5.41, 5.74) is 4.24. The third-order valence-corrected chi connectivity index (χ3v) is 5.00. The number of nitrogens with two attached hydrogens (primary N) is 1. The third kappa shape index (κ3) is 4.54. The highest BCUT2D eigenvalue weighted by Gasteiger charge is 2.21. The van der Waals surface area contributed by atoms with Crippen molar-refractivity contribution in [1.29, 1.82) is 0 Å².